The van der Waals surface area contributed by atoms with E-state index in [2.05, 4.69) is 128 Å². The number of hydrogen-bond acceptors (Lipinski definition) is 0. The molecule has 2 heteroatoms. The first-order valence-electron chi connectivity index (χ1n) is 16.9. The van der Waals surface area contributed by atoms with Gasteiger partial charge in [0.2, 0.25) is 0 Å². The van der Waals surface area contributed by atoms with E-state index in [1.54, 1.807) is 47.2 Å². The summed E-state index contributed by atoms with van der Waals surface area (Å²) < 4.78 is 3.32. The normalized spacial score (nSPS) is 19.4. The van der Waals surface area contributed by atoms with Gasteiger partial charge in [-0.3, -0.25) is 0 Å². The third-order valence-corrected chi connectivity index (χ3v) is 17.3. The maximum absolute atomic E-state index is 2.61. The molecule has 0 N–H and O–H groups in total. The van der Waals surface area contributed by atoms with Crippen LogP contribution in [0.25, 0.3) is 33.2 Å². The number of benzene rings is 5. The Morgan fingerprint density at radius 2 is 1.32 bits per heavy atom. The Kier molecular flexibility index (Phi) is 9.01. The van der Waals surface area contributed by atoms with E-state index in [0.29, 0.717) is 25.0 Å². The average molecular weight is 755 g/mol. The van der Waals surface area contributed by atoms with Crippen molar-refractivity contribution < 1.29 is 22.9 Å². The molecule has 1 heterocycles. The summed E-state index contributed by atoms with van der Waals surface area (Å²) in [5, 5.41) is 5.48. The fourth-order valence-electron chi connectivity index (χ4n) is 8.46. The van der Waals surface area contributed by atoms with Crippen LogP contribution in [0.3, 0.4) is 0 Å². The molecular formula is C42H44HfSi. The van der Waals surface area contributed by atoms with Crippen molar-refractivity contribution >= 4 is 42.7 Å². The van der Waals surface area contributed by atoms with Gasteiger partial charge in [-0.2, -0.15) is 0 Å². The van der Waals surface area contributed by atoms with Gasteiger partial charge in [-0.25, -0.2) is 0 Å². The molecule has 2 aliphatic carbocycles. The Bertz CT molecular complexity index is 1860. The van der Waals surface area contributed by atoms with Crippen LogP contribution in [0.1, 0.15) is 79.2 Å². The first-order valence-corrected chi connectivity index (χ1v) is 24.6. The van der Waals surface area contributed by atoms with Crippen molar-refractivity contribution in [1.82, 2.24) is 0 Å². The van der Waals surface area contributed by atoms with Crippen molar-refractivity contribution in [1.29, 1.82) is 0 Å². The van der Waals surface area contributed by atoms with E-state index < -0.39 is 22.9 Å². The van der Waals surface area contributed by atoms with Gasteiger partial charge in [0.05, 0.1) is 0 Å². The molecule has 0 nitrogen and oxygen atoms in total. The van der Waals surface area contributed by atoms with E-state index in [1.165, 1.54) is 43.8 Å². The van der Waals surface area contributed by atoms with Crippen LogP contribution in [0.2, 0.25) is 20.4 Å². The molecule has 1 saturated heterocycles. The van der Waals surface area contributed by atoms with Crippen LogP contribution in [-0.2, 0) is 22.9 Å². The molecule has 3 aliphatic rings. The Morgan fingerprint density at radius 3 is 2.02 bits per heavy atom. The maximum atomic E-state index is 2.61. The number of rotatable bonds is 6. The van der Waals surface area contributed by atoms with Gasteiger partial charge in [-0.15, -0.1) is 0 Å². The average Bonchev–Trinajstić information content (AvgIpc) is 3.85. The van der Waals surface area contributed by atoms with Crippen LogP contribution in [0.5, 0.6) is 0 Å². The SMILES string of the molecule is C1CC[SiH2]C1.CCC1=Cc2c(ccc3ccccc23)C1[CH]([Hf][CH3])C1C(CC)=C(c2cccc3ccccc23)c2ccccc21. The Balaban J connectivity index is 0.000000571. The van der Waals surface area contributed by atoms with Crippen LogP contribution >= 0.6 is 0 Å². The minimum atomic E-state index is -0.968. The van der Waals surface area contributed by atoms with Gasteiger partial charge >= 0.3 is 245 Å². The predicted octanol–water partition coefficient (Wildman–Crippen LogP) is 11.6. The summed E-state index contributed by atoms with van der Waals surface area (Å²) in [4.78, 5) is 0. The first kappa shape index (κ1) is 29.9. The van der Waals surface area contributed by atoms with Gasteiger partial charge in [0.25, 0.3) is 0 Å². The van der Waals surface area contributed by atoms with Gasteiger partial charge in [-0.05, 0) is 0 Å². The van der Waals surface area contributed by atoms with Gasteiger partial charge in [0.15, 0.2) is 0 Å². The van der Waals surface area contributed by atoms with Gasteiger partial charge in [-0.1, -0.05) is 24.9 Å². The molecule has 8 rings (SSSR count). The second-order valence-corrected chi connectivity index (χ2v) is 19.4. The minimum absolute atomic E-state index is 0.505. The number of hydrogen-bond donors (Lipinski definition) is 0. The Hall–Kier alpha value is -2.81. The van der Waals surface area contributed by atoms with Gasteiger partial charge < -0.3 is 0 Å². The molecule has 3 unspecified atom stereocenters. The molecule has 0 aromatic heterocycles. The second kappa shape index (κ2) is 13.3. The van der Waals surface area contributed by atoms with Crippen LogP contribution in [0.4, 0.5) is 0 Å². The van der Waals surface area contributed by atoms with Crippen LogP contribution in [-0.4, -0.2) is 9.52 Å². The van der Waals surface area contributed by atoms with E-state index in [9.17, 15) is 0 Å². The van der Waals surface area contributed by atoms with E-state index in [0.717, 1.165) is 12.8 Å². The van der Waals surface area contributed by atoms with Crippen LogP contribution in [0.15, 0.2) is 114 Å². The molecule has 220 valence electrons. The fraction of sp³-hybridized carbons (Fsp3) is 0.286. The Labute approximate surface area is 277 Å². The van der Waals surface area contributed by atoms with Crippen LogP contribution < -0.4 is 0 Å². The van der Waals surface area contributed by atoms with E-state index in [1.807, 2.05) is 0 Å². The summed E-state index contributed by atoms with van der Waals surface area (Å²) in [5.41, 5.74) is 12.3. The van der Waals surface area contributed by atoms with Crippen molar-refractivity contribution in [2.24, 2.45) is 0 Å². The fourth-order valence-corrected chi connectivity index (χ4v) is 15.4. The molecule has 1 aliphatic heterocycles. The van der Waals surface area contributed by atoms with Crippen molar-refractivity contribution in [3.63, 3.8) is 0 Å². The third kappa shape index (κ3) is 5.26. The molecule has 5 aromatic rings. The molecule has 0 amide bonds. The predicted molar refractivity (Wildman–Crippen MR) is 191 cm³/mol. The summed E-state index contributed by atoms with van der Waals surface area (Å²) in [5.74, 6) is 1.04. The summed E-state index contributed by atoms with van der Waals surface area (Å²) in [7, 11) is 0.543. The summed E-state index contributed by atoms with van der Waals surface area (Å²) in [6, 6.07) is 42.2. The molecule has 5 aromatic carbocycles. The second-order valence-electron chi connectivity index (χ2n) is 12.8. The third-order valence-electron chi connectivity index (χ3n) is 10.5. The topological polar surface area (TPSA) is 0 Å². The molecule has 0 radical (unpaired) electrons. The Morgan fingerprint density at radius 1 is 0.659 bits per heavy atom. The molecule has 0 saturated carbocycles. The summed E-state index contributed by atoms with van der Waals surface area (Å²) in [6.07, 6.45) is 7.91. The van der Waals surface area contributed by atoms with Crippen molar-refractivity contribution in [2.75, 3.05) is 0 Å². The molecule has 44 heavy (non-hydrogen) atoms. The van der Waals surface area contributed by atoms with E-state index in [-0.39, 0.29) is 0 Å². The number of fused-ring (bicyclic) bond motifs is 5. The molecule has 0 spiro atoms. The summed E-state index contributed by atoms with van der Waals surface area (Å²) >= 11 is -0.968. The first-order chi connectivity index (χ1) is 21.7. The zero-order chi connectivity index (χ0) is 30.0. The standard InChI is InChI=1S/C37H31.C4H10Si.CH3.Hf/c1-3-24-22-35-29-16-8-6-13-26(29)20-21-31(35)34(24)23-36-27(4-2)37(33-18-10-9-17-30(33)36)32-19-11-14-25-12-5-7-15-28(25)32;1-2-4-5-3-1;;/h5-23,34,36H,3-4H2,1-2H3;1-5H2;1H3;. The monoisotopic (exact) mass is 756 g/mol. The number of allylic oxidation sites excluding steroid dienone is 2. The summed E-state index contributed by atoms with van der Waals surface area (Å²) in [6.45, 7) is 4.76. The van der Waals surface area contributed by atoms with Crippen molar-refractivity contribution in [3.05, 3.63) is 142 Å². The molecule has 3 atom stereocenters. The zero-order valence-corrected chi connectivity index (χ0v) is 31.6. The van der Waals surface area contributed by atoms with Crippen molar-refractivity contribution in [2.45, 2.75) is 71.8 Å². The van der Waals surface area contributed by atoms with Gasteiger partial charge in [0.1, 0.15) is 0 Å². The van der Waals surface area contributed by atoms with E-state index in [4.69, 9.17) is 0 Å². The van der Waals surface area contributed by atoms with Crippen molar-refractivity contribution in [3.8, 4) is 0 Å². The van der Waals surface area contributed by atoms with Crippen LogP contribution in [0, 0.1) is 0 Å². The van der Waals surface area contributed by atoms with E-state index >= 15 is 0 Å². The zero-order valence-electron chi connectivity index (χ0n) is 26.6. The quantitative estimate of drug-likeness (QED) is 0.151. The van der Waals surface area contributed by atoms with Gasteiger partial charge in [0, 0.05) is 9.52 Å². The molecular weight excluding hydrogens is 711 g/mol. The molecule has 1 fully saturated rings. The molecule has 0 bridgehead atoms.